The van der Waals surface area contributed by atoms with Crippen molar-refractivity contribution in [1.82, 2.24) is 24.7 Å². The van der Waals surface area contributed by atoms with Crippen molar-refractivity contribution in [2.45, 2.75) is 19.6 Å². The van der Waals surface area contributed by atoms with E-state index in [0.29, 0.717) is 42.2 Å². The number of methoxy groups -OCH3 is 1. The fraction of sp³-hybridized carbons (Fsp3) is 0.147. The SMILES string of the molecule is COCCn1c(Cc2ccc(-c3cccc(OCc4ccc(C#N)cc4F)n3)cc2-c2cc[nH]n2)nc2ccc(C(=O)O)cc21. The lowest BCUT2D eigenvalue weighted by molar-refractivity contribution is 0.0697. The highest BCUT2D eigenvalue weighted by Gasteiger charge is 2.18. The van der Waals surface area contributed by atoms with Crippen LogP contribution in [0.2, 0.25) is 0 Å². The number of nitrogens with one attached hydrogen (secondary N) is 1. The lowest BCUT2D eigenvalue weighted by Crippen LogP contribution is -2.10. The average Bonchev–Trinajstić information content (AvgIpc) is 3.71. The van der Waals surface area contributed by atoms with Gasteiger partial charge in [-0.25, -0.2) is 19.2 Å². The van der Waals surface area contributed by atoms with E-state index in [9.17, 15) is 14.3 Å². The number of aromatic amines is 1. The summed E-state index contributed by atoms with van der Waals surface area (Å²) in [4.78, 5) is 21.2. The highest BCUT2D eigenvalue weighted by atomic mass is 19.1. The van der Waals surface area contributed by atoms with E-state index < -0.39 is 11.8 Å². The molecule has 0 aliphatic heterocycles. The molecule has 0 aliphatic rings. The van der Waals surface area contributed by atoms with Crippen LogP contribution in [0, 0.1) is 17.1 Å². The molecule has 10 nitrogen and oxygen atoms in total. The summed E-state index contributed by atoms with van der Waals surface area (Å²) >= 11 is 0. The van der Waals surface area contributed by atoms with Crippen LogP contribution in [0.3, 0.4) is 0 Å². The average molecular weight is 603 g/mol. The van der Waals surface area contributed by atoms with Gasteiger partial charge in [0.25, 0.3) is 0 Å². The number of aromatic carboxylic acids is 1. The molecule has 45 heavy (non-hydrogen) atoms. The number of aromatic nitrogens is 5. The largest absolute Gasteiger partial charge is 0.478 e. The Bertz CT molecular complexity index is 2050. The summed E-state index contributed by atoms with van der Waals surface area (Å²) in [6.07, 6.45) is 2.21. The molecule has 11 heteroatoms. The van der Waals surface area contributed by atoms with Crippen molar-refractivity contribution in [2.24, 2.45) is 0 Å². The zero-order valence-electron chi connectivity index (χ0n) is 24.2. The van der Waals surface area contributed by atoms with Crippen LogP contribution < -0.4 is 4.74 Å². The number of benzene rings is 3. The summed E-state index contributed by atoms with van der Waals surface area (Å²) in [5.74, 6) is -0.423. The Morgan fingerprint density at radius 1 is 1.02 bits per heavy atom. The molecule has 0 spiro atoms. The van der Waals surface area contributed by atoms with Gasteiger partial charge in [0.1, 0.15) is 18.2 Å². The third kappa shape index (κ3) is 6.27. The second kappa shape index (κ2) is 12.8. The molecule has 3 aromatic heterocycles. The molecule has 0 saturated carbocycles. The number of rotatable bonds is 11. The van der Waals surface area contributed by atoms with Crippen LogP contribution in [-0.2, 0) is 24.3 Å². The molecule has 0 radical (unpaired) electrons. The van der Waals surface area contributed by atoms with Crippen molar-refractivity contribution in [1.29, 1.82) is 5.26 Å². The molecule has 6 rings (SSSR count). The van der Waals surface area contributed by atoms with Crippen molar-refractivity contribution in [2.75, 3.05) is 13.7 Å². The van der Waals surface area contributed by atoms with E-state index in [2.05, 4.69) is 15.2 Å². The molecule has 2 N–H and O–H groups in total. The molecular weight excluding hydrogens is 575 g/mol. The van der Waals surface area contributed by atoms with Gasteiger partial charge in [-0.15, -0.1) is 0 Å². The minimum atomic E-state index is -1.00. The fourth-order valence-electron chi connectivity index (χ4n) is 5.12. The van der Waals surface area contributed by atoms with Crippen LogP contribution in [0.4, 0.5) is 4.39 Å². The van der Waals surface area contributed by atoms with Crippen molar-refractivity contribution in [3.05, 3.63) is 119 Å². The molecule has 0 saturated heterocycles. The Morgan fingerprint density at radius 2 is 1.89 bits per heavy atom. The normalized spacial score (nSPS) is 11.0. The number of carbonyl (C=O) groups is 1. The molecule has 3 heterocycles. The molecule has 0 fully saturated rings. The number of ether oxygens (including phenoxy) is 2. The Morgan fingerprint density at radius 3 is 2.64 bits per heavy atom. The number of hydrogen-bond donors (Lipinski definition) is 2. The zero-order valence-corrected chi connectivity index (χ0v) is 24.2. The van der Waals surface area contributed by atoms with Gasteiger partial charge in [0, 0.05) is 49.0 Å². The predicted molar refractivity (Wildman–Crippen MR) is 164 cm³/mol. The number of carboxylic acid groups (broad SMARTS) is 1. The number of fused-ring (bicyclic) bond motifs is 1. The van der Waals surface area contributed by atoms with E-state index >= 15 is 0 Å². The van der Waals surface area contributed by atoms with Gasteiger partial charge in [-0.05, 0) is 54.1 Å². The van der Waals surface area contributed by atoms with Gasteiger partial charge in [-0.2, -0.15) is 10.4 Å². The van der Waals surface area contributed by atoms with Gasteiger partial charge >= 0.3 is 5.97 Å². The number of nitriles is 1. The molecule has 0 bridgehead atoms. The van der Waals surface area contributed by atoms with E-state index in [0.717, 1.165) is 33.7 Å². The number of pyridine rings is 1. The van der Waals surface area contributed by atoms with Crippen LogP contribution in [0.25, 0.3) is 33.5 Å². The smallest absolute Gasteiger partial charge is 0.335 e. The maximum Gasteiger partial charge on any atom is 0.335 e. The number of halogens is 1. The van der Waals surface area contributed by atoms with E-state index in [1.807, 2.05) is 47.0 Å². The van der Waals surface area contributed by atoms with E-state index in [-0.39, 0.29) is 17.7 Å². The summed E-state index contributed by atoms with van der Waals surface area (Å²) in [5, 5.41) is 25.8. The maximum atomic E-state index is 14.4. The van der Waals surface area contributed by atoms with Crippen LogP contribution in [0.15, 0.2) is 85.1 Å². The third-order valence-electron chi connectivity index (χ3n) is 7.41. The van der Waals surface area contributed by atoms with Gasteiger partial charge in [-0.1, -0.05) is 24.3 Å². The molecule has 0 amide bonds. The Balaban J connectivity index is 1.32. The Kier molecular flexibility index (Phi) is 8.30. The van der Waals surface area contributed by atoms with Gasteiger partial charge in [0.15, 0.2) is 0 Å². The van der Waals surface area contributed by atoms with Gasteiger partial charge in [0.05, 0.1) is 46.2 Å². The third-order valence-corrected chi connectivity index (χ3v) is 7.41. The highest BCUT2D eigenvalue weighted by molar-refractivity contribution is 5.92. The van der Waals surface area contributed by atoms with Crippen LogP contribution in [0.1, 0.15) is 32.9 Å². The van der Waals surface area contributed by atoms with Crippen molar-refractivity contribution >= 4 is 17.0 Å². The minimum Gasteiger partial charge on any atom is -0.478 e. The number of H-pyrrole nitrogens is 1. The summed E-state index contributed by atoms with van der Waals surface area (Å²) in [7, 11) is 1.62. The second-order valence-electron chi connectivity index (χ2n) is 10.3. The fourth-order valence-corrected chi connectivity index (χ4v) is 5.12. The highest BCUT2D eigenvalue weighted by Crippen LogP contribution is 2.31. The first-order chi connectivity index (χ1) is 21.9. The molecule has 0 aliphatic carbocycles. The Hall–Kier alpha value is -5.86. The molecule has 224 valence electrons. The summed E-state index contributed by atoms with van der Waals surface area (Å²) < 4.78 is 27.5. The van der Waals surface area contributed by atoms with Crippen LogP contribution in [0.5, 0.6) is 5.88 Å². The molecule has 3 aromatic carbocycles. The Labute approximate surface area is 257 Å². The second-order valence-corrected chi connectivity index (χ2v) is 10.3. The van der Waals surface area contributed by atoms with Crippen molar-refractivity contribution < 1.29 is 23.8 Å². The van der Waals surface area contributed by atoms with E-state index in [1.165, 1.54) is 12.1 Å². The summed E-state index contributed by atoms with van der Waals surface area (Å²) in [5.41, 5.74) is 6.23. The van der Waals surface area contributed by atoms with Gasteiger partial charge in [0.2, 0.25) is 5.88 Å². The van der Waals surface area contributed by atoms with E-state index in [1.54, 1.807) is 43.6 Å². The molecule has 0 atom stereocenters. The van der Waals surface area contributed by atoms with Gasteiger partial charge in [-0.3, -0.25) is 5.10 Å². The number of imidazole rings is 1. The zero-order chi connectivity index (χ0) is 31.3. The predicted octanol–water partition coefficient (Wildman–Crippen LogP) is 6.01. The standard InChI is InChI=1S/C34H27FN6O4/c1-44-14-13-41-31-17-24(34(42)43)9-10-30(31)38-32(41)18-22-7-8-23(16-26(22)29-11-12-37-40-29)28-3-2-4-33(39-28)45-20-25-6-5-21(19-36)15-27(25)35/h2-12,15-17H,13-14,18,20H2,1H3,(H,37,40)(H,42,43). The van der Waals surface area contributed by atoms with Crippen molar-refractivity contribution in [3.8, 4) is 34.5 Å². The van der Waals surface area contributed by atoms with E-state index in [4.69, 9.17) is 19.7 Å². The summed E-state index contributed by atoms with van der Waals surface area (Å²) in [6, 6.07) is 24.3. The lowest BCUT2D eigenvalue weighted by Gasteiger charge is -2.13. The molecule has 0 unspecified atom stereocenters. The van der Waals surface area contributed by atoms with Crippen LogP contribution in [-0.4, -0.2) is 49.5 Å². The number of hydrogen-bond acceptors (Lipinski definition) is 7. The quantitative estimate of drug-likeness (QED) is 0.184. The molecular formula is C34H27FN6O4. The topological polar surface area (TPSA) is 139 Å². The van der Waals surface area contributed by atoms with Gasteiger partial charge < -0.3 is 19.1 Å². The van der Waals surface area contributed by atoms with Crippen molar-refractivity contribution in [3.63, 3.8) is 0 Å². The number of carboxylic acids is 1. The monoisotopic (exact) mass is 602 g/mol. The lowest BCUT2D eigenvalue weighted by atomic mass is 9.97. The first-order valence-electron chi connectivity index (χ1n) is 14.1. The van der Waals surface area contributed by atoms with Crippen LogP contribution >= 0.6 is 0 Å². The first kappa shape index (κ1) is 29.2. The minimum absolute atomic E-state index is 0.0382. The number of nitrogens with zero attached hydrogens (tertiary/aromatic N) is 5. The molecule has 6 aromatic rings. The maximum absolute atomic E-state index is 14.4. The first-order valence-corrected chi connectivity index (χ1v) is 14.1. The summed E-state index contributed by atoms with van der Waals surface area (Å²) in [6.45, 7) is 0.899.